The molecule has 9 heteroatoms. The number of para-hydroxylation sites is 2. The zero-order chi connectivity index (χ0) is 25.8. The highest BCUT2D eigenvalue weighted by Gasteiger charge is 2.61. The summed E-state index contributed by atoms with van der Waals surface area (Å²) in [6.07, 6.45) is 1.63. The Balaban J connectivity index is 1.60. The van der Waals surface area contributed by atoms with Crippen LogP contribution in [0.1, 0.15) is 23.6 Å². The largest absolute Gasteiger partial charge is 0.466 e. The maximum atomic E-state index is 14.5. The SMILES string of the molecule is CCOC(=O)[C@@H]1CN2C(=C[C@@]13C(=O)N(Cc1ccccc1)c1ccccc13)c1ccccc1OS2(=O)=O. The van der Waals surface area contributed by atoms with Gasteiger partial charge in [-0.3, -0.25) is 9.59 Å². The van der Waals surface area contributed by atoms with E-state index in [0.29, 0.717) is 29.1 Å². The van der Waals surface area contributed by atoms with E-state index in [2.05, 4.69) is 0 Å². The molecule has 3 aromatic rings. The molecule has 6 rings (SSSR count). The van der Waals surface area contributed by atoms with Crippen molar-refractivity contribution in [3.05, 3.63) is 102 Å². The lowest BCUT2D eigenvalue weighted by Crippen LogP contribution is -2.56. The van der Waals surface area contributed by atoms with Crippen LogP contribution in [0.4, 0.5) is 5.69 Å². The molecule has 0 saturated carbocycles. The first-order valence-corrected chi connectivity index (χ1v) is 13.4. The number of nitrogens with zero attached hydrogens (tertiary/aromatic N) is 2. The zero-order valence-corrected chi connectivity index (χ0v) is 20.9. The van der Waals surface area contributed by atoms with E-state index in [-0.39, 0.29) is 24.8 Å². The molecule has 8 nitrogen and oxygen atoms in total. The van der Waals surface area contributed by atoms with Crippen molar-refractivity contribution >= 4 is 33.6 Å². The summed E-state index contributed by atoms with van der Waals surface area (Å²) >= 11 is 0. The fourth-order valence-electron chi connectivity index (χ4n) is 5.54. The molecule has 0 bridgehead atoms. The molecule has 3 aliphatic rings. The van der Waals surface area contributed by atoms with Gasteiger partial charge >= 0.3 is 16.3 Å². The Bertz CT molecular complexity index is 1550. The van der Waals surface area contributed by atoms with Crippen molar-refractivity contribution in [1.29, 1.82) is 0 Å². The maximum Gasteiger partial charge on any atom is 0.410 e. The monoisotopic (exact) mass is 516 g/mol. The van der Waals surface area contributed by atoms with Crippen molar-refractivity contribution in [2.45, 2.75) is 18.9 Å². The topological polar surface area (TPSA) is 93.2 Å². The first kappa shape index (κ1) is 23.3. The van der Waals surface area contributed by atoms with Gasteiger partial charge in [0.05, 0.1) is 31.3 Å². The van der Waals surface area contributed by atoms with E-state index in [1.165, 1.54) is 0 Å². The number of anilines is 1. The normalized spacial score (nSPS) is 23.0. The minimum absolute atomic E-state index is 0.0949. The fourth-order valence-corrected chi connectivity index (χ4v) is 6.72. The molecule has 0 unspecified atom stereocenters. The molecule has 3 aromatic carbocycles. The number of fused-ring (bicyclic) bond motifs is 5. The Hall–Kier alpha value is -4.11. The van der Waals surface area contributed by atoms with Gasteiger partial charge in [0, 0.05) is 11.3 Å². The van der Waals surface area contributed by atoms with Gasteiger partial charge in [-0.2, -0.15) is 8.42 Å². The van der Waals surface area contributed by atoms with Crippen LogP contribution in [0, 0.1) is 5.92 Å². The third-order valence-electron chi connectivity index (χ3n) is 7.15. The lowest BCUT2D eigenvalue weighted by Gasteiger charge is -2.43. The second kappa shape index (κ2) is 8.48. The lowest BCUT2D eigenvalue weighted by molar-refractivity contribution is -0.152. The summed E-state index contributed by atoms with van der Waals surface area (Å²) < 4.78 is 38.1. The highest BCUT2D eigenvalue weighted by Crippen LogP contribution is 2.54. The quantitative estimate of drug-likeness (QED) is 0.492. The number of hydrogen-bond acceptors (Lipinski definition) is 6. The third-order valence-corrected chi connectivity index (χ3v) is 8.43. The first-order valence-electron chi connectivity index (χ1n) is 12.0. The smallest absolute Gasteiger partial charge is 0.410 e. The molecule has 0 N–H and O–H groups in total. The van der Waals surface area contributed by atoms with Gasteiger partial charge in [-0.25, -0.2) is 4.31 Å². The van der Waals surface area contributed by atoms with E-state index in [9.17, 15) is 18.0 Å². The van der Waals surface area contributed by atoms with E-state index >= 15 is 0 Å². The van der Waals surface area contributed by atoms with Gasteiger partial charge in [-0.1, -0.05) is 60.7 Å². The van der Waals surface area contributed by atoms with Crippen molar-refractivity contribution < 1.29 is 26.9 Å². The third kappa shape index (κ3) is 3.45. The second-order valence-corrected chi connectivity index (χ2v) is 10.6. The van der Waals surface area contributed by atoms with Crippen molar-refractivity contribution in [2.75, 3.05) is 18.1 Å². The minimum atomic E-state index is -4.25. The van der Waals surface area contributed by atoms with Crippen molar-refractivity contribution in [3.63, 3.8) is 0 Å². The number of amides is 1. The first-order chi connectivity index (χ1) is 17.9. The van der Waals surface area contributed by atoms with E-state index in [1.54, 1.807) is 42.2 Å². The molecule has 0 aromatic heterocycles. The summed E-state index contributed by atoms with van der Waals surface area (Å²) in [5.74, 6) is -1.88. The molecule has 188 valence electrons. The van der Waals surface area contributed by atoms with E-state index in [1.807, 2.05) is 54.6 Å². The predicted octanol–water partition coefficient (Wildman–Crippen LogP) is 3.64. The number of esters is 1. The molecule has 2 atom stereocenters. The summed E-state index contributed by atoms with van der Waals surface area (Å²) in [5.41, 5.74) is 1.64. The number of carbonyl (C=O) groups is 2. The summed E-state index contributed by atoms with van der Waals surface area (Å²) in [5, 5.41) is 0. The van der Waals surface area contributed by atoms with Crippen LogP contribution >= 0.6 is 0 Å². The second-order valence-electron chi connectivity index (χ2n) is 9.17. The average Bonchev–Trinajstić information content (AvgIpc) is 3.12. The summed E-state index contributed by atoms with van der Waals surface area (Å²) in [7, 11) is -4.25. The molecule has 0 saturated heterocycles. The van der Waals surface area contributed by atoms with E-state index in [4.69, 9.17) is 8.92 Å². The molecule has 3 heterocycles. The molecule has 0 aliphatic carbocycles. The lowest BCUT2D eigenvalue weighted by atomic mass is 9.68. The molecular weight excluding hydrogens is 492 g/mol. The molecule has 3 aliphatic heterocycles. The average molecular weight is 517 g/mol. The predicted molar refractivity (Wildman–Crippen MR) is 137 cm³/mol. The van der Waals surface area contributed by atoms with Crippen LogP contribution in [-0.2, 0) is 36.6 Å². The van der Waals surface area contributed by atoms with Gasteiger partial charge in [0.2, 0.25) is 5.91 Å². The maximum absolute atomic E-state index is 14.5. The van der Waals surface area contributed by atoms with Crippen molar-refractivity contribution in [3.8, 4) is 5.75 Å². The van der Waals surface area contributed by atoms with Crippen LogP contribution in [-0.4, -0.2) is 37.8 Å². The van der Waals surface area contributed by atoms with Gasteiger partial charge in [0.25, 0.3) is 0 Å². The standard InChI is InChI=1S/C28H24N2O6S/c1-2-35-26(31)22-18-30-24(20-12-6-9-15-25(20)36-37(30,33)34)16-28(22)21-13-7-8-14-23(21)29(27(28)32)17-19-10-4-3-5-11-19/h3-16,22H,2,17-18H2,1H3/t22-,28-/m0/s1. The highest BCUT2D eigenvalue weighted by atomic mass is 32.2. The molecule has 37 heavy (non-hydrogen) atoms. The number of carbonyl (C=O) groups excluding carboxylic acids is 2. The van der Waals surface area contributed by atoms with Gasteiger partial charge < -0.3 is 13.8 Å². The number of benzene rings is 3. The van der Waals surface area contributed by atoms with Crippen LogP contribution in [0.25, 0.3) is 5.70 Å². The summed E-state index contributed by atoms with van der Waals surface area (Å²) in [6.45, 7) is 1.79. The van der Waals surface area contributed by atoms with E-state index in [0.717, 1.165) is 9.87 Å². The molecule has 1 spiro atoms. The number of ether oxygens (including phenoxy) is 1. The zero-order valence-electron chi connectivity index (χ0n) is 20.0. The van der Waals surface area contributed by atoms with Crippen LogP contribution in [0.3, 0.4) is 0 Å². The summed E-state index contributed by atoms with van der Waals surface area (Å²) in [4.78, 5) is 29.6. The molecular formula is C28H24N2O6S. The van der Waals surface area contributed by atoms with Crippen LogP contribution in [0.5, 0.6) is 5.75 Å². The summed E-state index contributed by atoms with van der Waals surface area (Å²) in [6, 6.07) is 23.7. The van der Waals surface area contributed by atoms with Crippen LogP contribution in [0.15, 0.2) is 84.9 Å². The number of rotatable bonds is 4. The Morgan fingerprint density at radius 2 is 1.73 bits per heavy atom. The fraction of sp³-hybridized carbons (Fsp3) is 0.214. The van der Waals surface area contributed by atoms with E-state index < -0.39 is 27.6 Å². The molecule has 1 amide bonds. The van der Waals surface area contributed by atoms with Crippen LogP contribution in [0.2, 0.25) is 0 Å². The van der Waals surface area contributed by atoms with Gasteiger partial charge in [0.15, 0.2) is 5.75 Å². The van der Waals surface area contributed by atoms with Crippen molar-refractivity contribution in [1.82, 2.24) is 4.31 Å². The minimum Gasteiger partial charge on any atom is -0.466 e. The Morgan fingerprint density at radius 1 is 1.03 bits per heavy atom. The Kier molecular flexibility index (Phi) is 5.34. The molecule has 0 fully saturated rings. The van der Waals surface area contributed by atoms with Gasteiger partial charge in [-0.05, 0) is 42.3 Å². The van der Waals surface area contributed by atoms with Crippen molar-refractivity contribution in [2.24, 2.45) is 5.92 Å². The Morgan fingerprint density at radius 3 is 2.51 bits per heavy atom. The van der Waals surface area contributed by atoms with Crippen LogP contribution < -0.4 is 9.08 Å². The Labute approximate surface area is 215 Å². The van der Waals surface area contributed by atoms with Gasteiger partial charge in [0.1, 0.15) is 5.41 Å². The van der Waals surface area contributed by atoms with Gasteiger partial charge in [-0.15, -0.1) is 0 Å². The highest BCUT2D eigenvalue weighted by molar-refractivity contribution is 7.85. The molecule has 0 radical (unpaired) electrons. The number of hydrogen-bond donors (Lipinski definition) is 0.